The lowest BCUT2D eigenvalue weighted by atomic mass is 10.0. The van der Waals surface area contributed by atoms with Crippen LogP contribution in [-0.4, -0.2) is 31.9 Å². The second-order valence-corrected chi connectivity index (χ2v) is 6.78. The van der Waals surface area contributed by atoms with E-state index in [2.05, 4.69) is 0 Å². The molecule has 0 spiro atoms. The fraction of sp³-hybridized carbons (Fsp3) is 0.538. The minimum Gasteiger partial charge on any atom is -0.330 e. The Hall–Kier alpha value is -1.05. The summed E-state index contributed by atoms with van der Waals surface area (Å²) < 4.78 is 53.3. The first-order valence-corrected chi connectivity index (χ1v) is 8.08. The Morgan fingerprint density at radius 3 is 2.75 bits per heavy atom. The Labute approximate surface area is 117 Å². The summed E-state index contributed by atoms with van der Waals surface area (Å²) in [7, 11) is -4.02. The predicted molar refractivity (Wildman–Crippen MR) is 71.6 cm³/mol. The van der Waals surface area contributed by atoms with Crippen LogP contribution in [-0.2, 0) is 10.0 Å². The first-order valence-electron chi connectivity index (χ1n) is 6.64. The molecule has 2 N–H and O–H groups in total. The average Bonchev–Trinajstić information content (AvgIpc) is 2.42. The van der Waals surface area contributed by atoms with Gasteiger partial charge < -0.3 is 5.73 Å². The van der Waals surface area contributed by atoms with Crippen molar-refractivity contribution < 1.29 is 17.2 Å². The van der Waals surface area contributed by atoms with Gasteiger partial charge in [0.25, 0.3) is 0 Å². The number of hydrogen-bond donors (Lipinski definition) is 1. The van der Waals surface area contributed by atoms with E-state index in [0.29, 0.717) is 25.9 Å². The van der Waals surface area contributed by atoms with Gasteiger partial charge in [-0.05, 0) is 44.0 Å². The van der Waals surface area contributed by atoms with Crippen molar-refractivity contribution >= 4 is 10.0 Å². The number of halogens is 2. The van der Waals surface area contributed by atoms with Crippen LogP contribution in [0.25, 0.3) is 0 Å². The molecule has 7 heteroatoms. The topological polar surface area (TPSA) is 63.4 Å². The van der Waals surface area contributed by atoms with Gasteiger partial charge in [-0.2, -0.15) is 4.31 Å². The van der Waals surface area contributed by atoms with Crippen LogP contribution >= 0.6 is 0 Å². The van der Waals surface area contributed by atoms with E-state index in [9.17, 15) is 17.2 Å². The lowest BCUT2D eigenvalue weighted by Gasteiger charge is -2.34. The van der Waals surface area contributed by atoms with Crippen LogP contribution in [0.3, 0.4) is 0 Å². The zero-order valence-corrected chi connectivity index (χ0v) is 11.9. The summed E-state index contributed by atoms with van der Waals surface area (Å²) >= 11 is 0. The molecule has 1 heterocycles. The zero-order chi connectivity index (χ0) is 14.8. The minimum absolute atomic E-state index is 0.235. The van der Waals surface area contributed by atoms with E-state index < -0.39 is 26.6 Å². The highest BCUT2D eigenvalue weighted by atomic mass is 32.2. The van der Waals surface area contributed by atoms with Crippen LogP contribution in [0, 0.1) is 11.6 Å². The van der Waals surface area contributed by atoms with Crippen LogP contribution in [0.1, 0.15) is 25.7 Å². The number of nitrogens with zero attached hydrogens (tertiary/aromatic N) is 1. The van der Waals surface area contributed by atoms with Gasteiger partial charge >= 0.3 is 0 Å². The normalized spacial score (nSPS) is 21.1. The molecular weight excluding hydrogens is 286 g/mol. The van der Waals surface area contributed by atoms with Crippen molar-refractivity contribution in [1.82, 2.24) is 4.31 Å². The molecule has 0 aliphatic carbocycles. The highest BCUT2D eigenvalue weighted by Gasteiger charge is 2.34. The molecule has 4 nitrogen and oxygen atoms in total. The maximum absolute atomic E-state index is 13.7. The lowest BCUT2D eigenvalue weighted by molar-refractivity contribution is 0.242. The monoisotopic (exact) mass is 304 g/mol. The Kier molecular flexibility index (Phi) is 4.72. The number of piperidine rings is 1. The van der Waals surface area contributed by atoms with Gasteiger partial charge in [-0.3, -0.25) is 0 Å². The molecule has 2 rings (SSSR count). The summed E-state index contributed by atoms with van der Waals surface area (Å²) in [4.78, 5) is -0.596. The van der Waals surface area contributed by atoms with E-state index >= 15 is 0 Å². The Bertz CT molecular complexity index is 576. The third-order valence-corrected chi connectivity index (χ3v) is 5.52. The van der Waals surface area contributed by atoms with E-state index in [1.807, 2.05) is 0 Å². The molecule has 0 radical (unpaired) electrons. The van der Waals surface area contributed by atoms with E-state index in [4.69, 9.17) is 5.73 Å². The summed E-state index contributed by atoms with van der Waals surface area (Å²) in [6.45, 7) is 0.686. The Balaban J connectivity index is 2.39. The summed E-state index contributed by atoms with van der Waals surface area (Å²) in [5, 5.41) is 0. The average molecular weight is 304 g/mol. The summed E-state index contributed by atoms with van der Waals surface area (Å²) in [6, 6.07) is 2.24. The van der Waals surface area contributed by atoms with Gasteiger partial charge in [-0.1, -0.05) is 6.42 Å². The largest absolute Gasteiger partial charge is 0.330 e. The number of nitrogens with two attached hydrogens (primary N) is 1. The van der Waals surface area contributed by atoms with Crippen LogP contribution < -0.4 is 5.73 Å². The van der Waals surface area contributed by atoms with Gasteiger partial charge in [-0.15, -0.1) is 0 Å². The minimum atomic E-state index is -4.02. The van der Waals surface area contributed by atoms with Gasteiger partial charge in [0, 0.05) is 12.6 Å². The second-order valence-electron chi connectivity index (χ2n) is 4.92. The maximum atomic E-state index is 13.7. The molecule has 1 unspecified atom stereocenters. The van der Waals surface area contributed by atoms with Crippen molar-refractivity contribution in [2.45, 2.75) is 36.6 Å². The van der Waals surface area contributed by atoms with Crippen molar-refractivity contribution in [3.8, 4) is 0 Å². The Morgan fingerprint density at radius 1 is 1.30 bits per heavy atom. The van der Waals surface area contributed by atoms with Crippen LogP contribution in [0.5, 0.6) is 0 Å². The maximum Gasteiger partial charge on any atom is 0.246 e. The molecule has 1 atom stereocenters. The standard InChI is InChI=1S/C13H18F2N2O2S/c14-10-4-5-12(15)13(9-10)20(18,19)17-8-2-1-3-11(17)6-7-16/h4-5,9,11H,1-3,6-8,16H2. The van der Waals surface area contributed by atoms with E-state index in [1.54, 1.807) is 0 Å². The highest BCUT2D eigenvalue weighted by Crippen LogP contribution is 2.28. The van der Waals surface area contributed by atoms with Crippen molar-refractivity contribution in [2.75, 3.05) is 13.1 Å². The third kappa shape index (κ3) is 2.99. The Morgan fingerprint density at radius 2 is 2.05 bits per heavy atom. The van der Waals surface area contributed by atoms with Gasteiger partial charge in [0.2, 0.25) is 10.0 Å². The predicted octanol–water partition coefficient (Wildman–Crippen LogP) is 1.86. The molecule has 0 amide bonds. The van der Waals surface area contributed by atoms with Crippen LogP contribution in [0.2, 0.25) is 0 Å². The third-order valence-electron chi connectivity index (χ3n) is 3.55. The number of hydrogen-bond acceptors (Lipinski definition) is 3. The lowest BCUT2D eigenvalue weighted by Crippen LogP contribution is -2.44. The van der Waals surface area contributed by atoms with Gasteiger partial charge in [0.15, 0.2) is 0 Å². The molecule has 1 fully saturated rings. The molecule has 1 aromatic carbocycles. The smallest absolute Gasteiger partial charge is 0.246 e. The quantitative estimate of drug-likeness (QED) is 0.923. The first-order chi connectivity index (χ1) is 9.46. The van der Waals surface area contributed by atoms with Gasteiger partial charge in [-0.25, -0.2) is 17.2 Å². The number of benzene rings is 1. The summed E-state index contributed by atoms with van der Waals surface area (Å²) in [6.07, 6.45) is 2.86. The molecule has 0 bridgehead atoms. The fourth-order valence-corrected chi connectivity index (χ4v) is 4.37. The van der Waals surface area contributed by atoms with Crippen LogP contribution in [0.15, 0.2) is 23.1 Å². The molecule has 0 saturated carbocycles. The fourth-order valence-electron chi connectivity index (χ4n) is 2.57. The van der Waals surface area contributed by atoms with Crippen molar-refractivity contribution in [1.29, 1.82) is 0 Å². The van der Waals surface area contributed by atoms with E-state index in [-0.39, 0.29) is 6.04 Å². The highest BCUT2D eigenvalue weighted by molar-refractivity contribution is 7.89. The SMILES string of the molecule is NCCC1CCCCN1S(=O)(=O)c1cc(F)ccc1F. The first kappa shape index (κ1) is 15.3. The molecule has 1 saturated heterocycles. The van der Waals surface area contributed by atoms with E-state index in [0.717, 1.165) is 31.0 Å². The second kappa shape index (κ2) is 6.15. The van der Waals surface area contributed by atoms with E-state index in [1.165, 1.54) is 4.31 Å². The molecule has 0 aromatic heterocycles. The number of sulfonamides is 1. The molecule has 112 valence electrons. The van der Waals surface area contributed by atoms with Crippen LogP contribution in [0.4, 0.5) is 8.78 Å². The number of rotatable bonds is 4. The summed E-state index contributed by atoms with van der Waals surface area (Å²) in [5.74, 6) is -1.69. The molecule has 1 aliphatic rings. The van der Waals surface area contributed by atoms with Crippen molar-refractivity contribution in [3.05, 3.63) is 29.8 Å². The van der Waals surface area contributed by atoms with Gasteiger partial charge in [0.05, 0.1) is 0 Å². The molecular formula is C13H18F2N2O2S. The molecule has 1 aromatic rings. The van der Waals surface area contributed by atoms with Crippen molar-refractivity contribution in [2.24, 2.45) is 5.73 Å². The zero-order valence-electron chi connectivity index (χ0n) is 11.1. The molecule has 1 aliphatic heterocycles. The van der Waals surface area contributed by atoms with Crippen molar-refractivity contribution in [3.63, 3.8) is 0 Å². The summed E-state index contributed by atoms with van der Waals surface area (Å²) in [5.41, 5.74) is 5.50. The van der Waals surface area contributed by atoms with Gasteiger partial charge in [0.1, 0.15) is 16.5 Å². The molecule has 20 heavy (non-hydrogen) atoms.